The average Bonchev–Trinajstić information content (AvgIpc) is 2.50. The summed E-state index contributed by atoms with van der Waals surface area (Å²) in [5, 5.41) is 8.65. The second-order valence-electron chi connectivity index (χ2n) is 5.55. The molecule has 1 heterocycles. The molecule has 1 aliphatic rings. The molecule has 0 aromatic heterocycles. The number of rotatable bonds is 1. The van der Waals surface area contributed by atoms with Crippen LogP contribution in [0.25, 0.3) is 0 Å². The maximum Gasteiger partial charge on any atom is 0.497 e. The summed E-state index contributed by atoms with van der Waals surface area (Å²) in [6, 6.07) is 3.40. The Balaban J connectivity index is 2.41. The zero-order chi connectivity index (χ0) is 14.4. The van der Waals surface area contributed by atoms with Crippen LogP contribution in [0.4, 0.5) is 8.78 Å². The Bertz CT molecular complexity index is 550. The van der Waals surface area contributed by atoms with E-state index < -0.39 is 30.0 Å². The van der Waals surface area contributed by atoms with E-state index >= 15 is 0 Å². The molecular weight excluding hydrogens is 251 g/mol. The van der Waals surface area contributed by atoms with Crippen molar-refractivity contribution in [3.05, 3.63) is 29.3 Å². The predicted octanol–water partition coefficient (Wildman–Crippen LogP) is 2.14. The Labute approximate surface area is 111 Å². The van der Waals surface area contributed by atoms with Gasteiger partial charge in [0, 0.05) is 5.46 Å². The highest BCUT2D eigenvalue weighted by molar-refractivity contribution is 6.62. The van der Waals surface area contributed by atoms with Crippen LogP contribution in [0.15, 0.2) is 12.1 Å². The molecule has 1 aromatic rings. The van der Waals surface area contributed by atoms with Crippen molar-refractivity contribution in [1.29, 1.82) is 5.26 Å². The fraction of sp³-hybridized carbons (Fsp3) is 0.462. The molecule has 0 N–H and O–H groups in total. The Hall–Kier alpha value is -1.45. The molecule has 1 fully saturated rings. The molecule has 0 atom stereocenters. The number of benzene rings is 1. The van der Waals surface area contributed by atoms with Gasteiger partial charge < -0.3 is 9.31 Å². The monoisotopic (exact) mass is 265 g/mol. The standard InChI is InChI=1S/C13H14BF2NO2/c1-12(2)13(3,4)19-14(18-12)9-6-10(15)8(7-17)5-11(9)16/h5-6H,1-4H3. The third-order valence-electron chi connectivity index (χ3n) is 3.71. The van der Waals surface area contributed by atoms with Crippen LogP contribution in [-0.4, -0.2) is 18.3 Å². The zero-order valence-corrected chi connectivity index (χ0v) is 11.3. The van der Waals surface area contributed by atoms with Gasteiger partial charge in [0.15, 0.2) is 0 Å². The molecule has 0 amide bonds. The Morgan fingerprint density at radius 3 is 2.05 bits per heavy atom. The van der Waals surface area contributed by atoms with E-state index in [1.54, 1.807) is 6.07 Å². The molecular formula is C13H14BF2NO2. The van der Waals surface area contributed by atoms with Crippen LogP contribution in [0.2, 0.25) is 0 Å². The van der Waals surface area contributed by atoms with E-state index in [-0.39, 0.29) is 11.0 Å². The van der Waals surface area contributed by atoms with Gasteiger partial charge >= 0.3 is 7.12 Å². The van der Waals surface area contributed by atoms with Crippen molar-refractivity contribution in [1.82, 2.24) is 0 Å². The van der Waals surface area contributed by atoms with Gasteiger partial charge in [0.1, 0.15) is 17.7 Å². The number of nitriles is 1. The second kappa shape index (κ2) is 4.29. The lowest BCUT2D eigenvalue weighted by Gasteiger charge is -2.32. The van der Waals surface area contributed by atoms with Crippen molar-refractivity contribution in [2.45, 2.75) is 38.9 Å². The predicted molar refractivity (Wildman–Crippen MR) is 66.8 cm³/mol. The molecule has 2 rings (SSSR count). The summed E-state index contributed by atoms with van der Waals surface area (Å²) in [6.07, 6.45) is 0. The Kier molecular flexibility index (Phi) is 3.16. The van der Waals surface area contributed by atoms with E-state index in [2.05, 4.69) is 0 Å². The molecule has 1 saturated heterocycles. The third kappa shape index (κ3) is 2.24. The molecule has 0 radical (unpaired) electrons. The molecule has 0 aliphatic carbocycles. The van der Waals surface area contributed by atoms with Crippen molar-refractivity contribution in [3.63, 3.8) is 0 Å². The topological polar surface area (TPSA) is 42.2 Å². The summed E-state index contributed by atoms with van der Waals surface area (Å²) >= 11 is 0. The van der Waals surface area contributed by atoms with Gasteiger partial charge in [0.2, 0.25) is 0 Å². The SMILES string of the molecule is CC1(C)OB(c2cc(F)c(C#N)cc2F)OC1(C)C. The average molecular weight is 265 g/mol. The van der Waals surface area contributed by atoms with Crippen LogP contribution in [0.5, 0.6) is 0 Å². The summed E-state index contributed by atoms with van der Waals surface area (Å²) in [6.45, 7) is 7.30. The number of nitrogens with zero attached hydrogens (tertiary/aromatic N) is 1. The van der Waals surface area contributed by atoms with Gasteiger partial charge in [0.25, 0.3) is 0 Å². The van der Waals surface area contributed by atoms with Crippen LogP contribution < -0.4 is 5.46 Å². The third-order valence-corrected chi connectivity index (χ3v) is 3.71. The largest absolute Gasteiger partial charge is 0.497 e. The quantitative estimate of drug-likeness (QED) is 0.730. The molecule has 100 valence electrons. The van der Waals surface area contributed by atoms with Gasteiger partial charge in [-0.1, -0.05) is 0 Å². The second-order valence-corrected chi connectivity index (χ2v) is 5.55. The van der Waals surface area contributed by atoms with Crippen LogP contribution >= 0.6 is 0 Å². The summed E-state index contributed by atoms with van der Waals surface area (Å²) < 4.78 is 38.8. The first-order valence-corrected chi connectivity index (χ1v) is 5.92. The highest BCUT2D eigenvalue weighted by Gasteiger charge is 2.52. The molecule has 6 heteroatoms. The first-order chi connectivity index (χ1) is 8.68. The molecule has 0 spiro atoms. The van der Waals surface area contributed by atoms with E-state index in [0.29, 0.717) is 0 Å². The van der Waals surface area contributed by atoms with Crippen LogP contribution in [0.1, 0.15) is 33.3 Å². The van der Waals surface area contributed by atoms with Gasteiger partial charge in [-0.2, -0.15) is 5.26 Å². The summed E-state index contributed by atoms with van der Waals surface area (Å²) in [7, 11) is -0.979. The summed E-state index contributed by atoms with van der Waals surface area (Å²) in [5.74, 6) is -1.50. The Morgan fingerprint density at radius 2 is 1.58 bits per heavy atom. The number of hydrogen-bond acceptors (Lipinski definition) is 3. The Morgan fingerprint density at radius 1 is 1.05 bits per heavy atom. The highest BCUT2D eigenvalue weighted by atomic mass is 19.1. The van der Waals surface area contributed by atoms with Crippen molar-refractivity contribution in [2.24, 2.45) is 0 Å². The molecule has 0 unspecified atom stereocenters. The minimum Gasteiger partial charge on any atom is -0.399 e. The van der Waals surface area contributed by atoms with E-state index in [1.165, 1.54) is 0 Å². The van der Waals surface area contributed by atoms with E-state index in [1.807, 2.05) is 27.7 Å². The lowest BCUT2D eigenvalue weighted by atomic mass is 9.78. The van der Waals surface area contributed by atoms with Gasteiger partial charge in [-0.15, -0.1) is 0 Å². The molecule has 1 aromatic carbocycles. The first-order valence-electron chi connectivity index (χ1n) is 5.92. The van der Waals surface area contributed by atoms with Crippen LogP contribution in [-0.2, 0) is 9.31 Å². The van der Waals surface area contributed by atoms with Gasteiger partial charge in [-0.05, 0) is 39.8 Å². The van der Waals surface area contributed by atoms with Gasteiger partial charge in [-0.3, -0.25) is 0 Å². The fourth-order valence-corrected chi connectivity index (χ4v) is 1.80. The highest BCUT2D eigenvalue weighted by Crippen LogP contribution is 2.36. The van der Waals surface area contributed by atoms with Crippen molar-refractivity contribution < 1.29 is 18.1 Å². The first kappa shape index (κ1) is 14.0. The maximum absolute atomic E-state index is 13.9. The zero-order valence-electron chi connectivity index (χ0n) is 11.3. The van der Waals surface area contributed by atoms with Gasteiger partial charge in [-0.25, -0.2) is 8.78 Å². The van der Waals surface area contributed by atoms with Crippen molar-refractivity contribution >= 4 is 12.6 Å². The van der Waals surface area contributed by atoms with E-state index in [0.717, 1.165) is 12.1 Å². The van der Waals surface area contributed by atoms with Crippen LogP contribution in [0.3, 0.4) is 0 Å². The van der Waals surface area contributed by atoms with E-state index in [9.17, 15) is 8.78 Å². The molecule has 19 heavy (non-hydrogen) atoms. The lowest BCUT2D eigenvalue weighted by molar-refractivity contribution is 0.00578. The lowest BCUT2D eigenvalue weighted by Crippen LogP contribution is -2.41. The summed E-state index contributed by atoms with van der Waals surface area (Å²) in [4.78, 5) is 0. The van der Waals surface area contributed by atoms with Crippen LogP contribution in [0, 0.1) is 23.0 Å². The number of hydrogen-bond donors (Lipinski definition) is 0. The van der Waals surface area contributed by atoms with Crippen molar-refractivity contribution in [2.75, 3.05) is 0 Å². The minimum atomic E-state index is -0.979. The summed E-state index contributed by atoms with van der Waals surface area (Å²) in [5.41, 5.74) is -1.63. The van der Waals surface area contributed by atoms with Crippen molar-refractivity contribution in [3.8, 4) is 6.07 Å². The molecule has 0 bridgehead atoms. The molecule has 3 nitrogen and oxygen atoms in total. The smallest absolute Gasteiger partial charge is 0.399 e. The maximum atomic E-state index is 13.9. The molecule has 1 aliphatic heterocycles. The minimum absolute atomic E-state index is 0.0323. The fourth-order valence-electron chi connectivity index (χ4n) is 1.80. The van der Waals surface area contributed by atoms with Gasteiger partial charge in [0.05, 0.1) is 16.8 Å². The van der Waals surface area contributed by atoms with E-state index in [4.69, 9.17) is 14.6 Å². The number of halogens is 2. The normalized spacial score (nSPS) is 20.4. The molecule has 0 saturated carbocycles.